The summed E-state index contributed by atoms with van der Waals surface area (Å²) < 4.78 is 5.45. The van der Waals surface area contributed by atoms with Crippen LogP contribution in [0.5, 0.6) is 0 Å². The van der Waals surface area contributed by atoms with E-state index in [-0.39, 0.29) is 0 Å². The molecule has 1 aromatic heterocycles. The largest absolute Gasteiger partial charge is 0.379 e. The molecule has 5 rings (SSSR count). The highest BCUT2D eigenvalue weighted by molar-refractivity contribution is 6.13. The first-order chi connectivity index (χ1) is 24.7. The smallest absolute Gasteiger partial charge is 0.116 e. The molecule has 2 heterocycles. The number of aromatic nitrogens is 1. The number of ether oxygens (including phenoxy) is 1. The van der Waals surface area contributed by atoms with Gasteiger partial charge in [-0.3, -0.25) is 10.3 Å². The number of aryl methyl sites for hydroxylation is 4. The Morgan fingerprint density at radius 1 is 0.765 bits per heavy atom. The minimum Gasteiger partial charge on any atom is -0.379 e. The summed E-state index contributed by atoms with van der Waals surface area (Å²) in [6.45, 7) is 32.9. The van der Waals surface area contributed by atoms with Crippen LogP contribution in [-0.2, 0) is 28.9 Å². The Balaban J connectivity index is 0. The van der Waals surface area contributed by atoms with E-state index in [1.165, 1.54) is 46.7 Å². The number of hydrogen-bond acceptors (Lipinski definition) is 4. The van der Waals surface area contributed by atoms with Crippen LogP contribution in [0.25, 0.3) is 11.3 Å². The van der Waals surface area contributed by atoms with Crippen molar-refractivity contribution >= 4 is 12.0 Å². The highest BCUT2D eigenvalue weighted by atomic mass is 16.5. The number of nitrogens with zero attached hydrogens (tertiary/aromatic N) is 1. The number of aldehydes is 1. The molecular formula is C46H73N3O2. The molecule has 3 aromatic carbocycles. The zero-order valence-corrected chi connectivity index (χ0v) is 34.9. The Morgan fingerprint density at radius 2 is 1.27 bits per heavy atom. The lowest BCUT2D eigenvalue weighted by Crippen LogP contribution is -2.35. The second-order valence-corrected chi connectivity index (χ2v) is 11.4. The number of carbonyl (C=O) groups is 1. The molecule has 1 fully saturated rings. The summed E-state index contributed by atoms with van der Waals surface area (Å²) in [5, 5.41) is 8.80. The van der Waals surface area contributed by atoms with Gasteiger partial charge >= 0.3 is 0 Å². The second-order valence-electron chi connectivity index (χ2n) is 11.4. The Labute approximate surface area is 313 Å². The van der Waals surface area contributed by atoms with Crippen molar-refractivity contribution in [2.45, 2.75) is 123 Å². The lowest BCUT2D eigenvalue weighted by Gasteiger charge is -2.26. The molecule has 1 aliphatic rings. The van der Waals surface area contributed by atoms with Crippen molar-refractivity contribution < 1.29 is 9.53 Å². The maximum atomic E-state index is 8.81. The minimum atomic E-state index is 0.579. The first kappa shape index (κ1) is 49.3. The average molecular weight is 700 g/mol. The van der Waals surface area contributed by atoms with Gasteiger partial charge in [0.1, 0.15) is 6.29 Å². The Bertz CT molecular complexity index is 1440. The van der Waals surface area contributed by atoms with Gasteiger partial charge in [0.15, 0.2) is 0 Å². The van der Waals surface area contributed by atoms with Crippen molar-refractivity contribution in [1.82, 2.24) is 9.88 Å². The van der Waals surface area contributed by atoms with Gasteiger partial charge in [-0.15, -0.1) is 0 Å². The van der Waals surface area contributed by atoms with Gasteiger partial charge in [0.05, 0.1) is 18.9 Å². The fraction of sp³-hybridized carbons (Fsp3) is 0.478. The highest BCUT2D eigenvalue weighted by Crippen LogP contribution is 2.26. The molecule has 0 unspecified atom stereocenters. The summed E-state index contributed by atoms with van der Waals surface area (Å²) in [6.07, 6.45) is 4.31. The standard InChI is InChI=1S/C25H29N3O.C10H14.C3H8.C2H4O.3C2H6/c1-17-6-4-9-22(18(17)2)25(26)23-15-24(27-19(23)3)21-8-5-7-20(14-21)16-28-10-12-29-13-11-28;1-3-9-7-5-6-8-10(9)4-2;1-3-2;1-2-3;3*1-2/h4-9,14-15,26-27H,10-13,16H2,1-3H3;5-8H,3-4H2,1-2H3;3H2,1-2H3;2H,1H3;3*1-2H3. The third-order valence-corrected chi connectivity index (χ3v) is 7.79. The number of aromatic amines is 1. The van der Waals surface area contributed by atoms with Gasteiger partial charge in [0.2, 0.25) is 0 Å². The topological polar surface area (TPSA) is 69.2 Å². The Hall–Kier alpha value is -3.80. The van der Waals surface area contributed by atoms with E-state index in [1.54, 1.807) is 0 Å². The first-order valence-electron chi connectivity index (χ1n) is 19.4. The van der Waals surface area contributed by atoms with E-state index < -0.39 is 0 Å². The normalized spacial score (nSPS) is 11.3. The lowest BCUT2D eigenvalue weighted by atomic mass is 9.95. The summed E-state index contributed by atoms with van der Waals surface area (Å²) in [5.74, 6) is 0. The predicted molar refractivity (Wildman–Crippen MR) is 226 cm³/mol. The first-order valence-corrected chi connectivity index (χ1v) is 19.4. The number of hydrogen-bond donors (Lipinski definition) is 2. The van der Waals surface area contributed by atoms with Crippen molar-refractivity contribution in [3.8, 4) is 11.3 Å². The average Bonchev–Trinajstić information content (AvgIpc) is 3.57. The molecule has 51 heavy (non-hydrogen) atoms. The van der Waals surface area contributed by atoms with E-state index in [1.807, 2.05) is 53.7 Å². The van der Waals surface area contributed by atoms with Gasteiger partial charge in [0, 0.05) is 42.1 Å². The number of nitrogens with one attached hydrogen (secondary N) is 2. The van der Waals surface area contributed by atoms with Crippen molar-refractivity contribution in [3.05, 3.63) is 117 Å². The summed E-state index contributed by atoms with van der Waals surface area (Å²) in [5.41, 5.74) is 12.5. The monoisotopic (exact) mass is 700 g/mol. The number of rotatable bonds is 7. The van der Waals surface area contributed by atoms with Gasteiger partial charge in [-0.25, -0.2) is 0 Å². The van der Waals surface area contributed by atoms with Crippen molar-refractivity contribution in [3.63, 3.8) is 0 Å². The van der Waals surface area contributed by atoms with Crippen molar-refractivity contribution in [2.24, 2.45) is 0 Å². The molecule has 5 nitrogen and oxygen atoms in total. The Kier molecular flexibility index (Phi) is 30.0. The van der Waals surface area contributed by atoms with Crippen molar-refractivity contribution in [1.29, 1.82) is 5.41 Å². The highest BCUT2D eigenvalue weighted by Gasteiger charge is 2.16. The molecule has 0 bridgehead atoms. The summed E-state index contributed by atoms with van der Waals surface area (Å²) in [6, 6.07) is 25.6. The fourth-order valence-electron chi connectivity index (χ4n) is 5.24. The van der Waals surface area contributed by atoms with Crippen LogP contribution in [0.2, 0.25) is 0 Å². The molecule has 1 saturated heterocycles. The van der Waals surface area contributed by atoms with Gasteiger partial charge < -0.3 is 14.5 Å². The van der Waals surface area contributed by atoms with E-state index in [2.05, 4.69) is 119 Å². The molecule has 0 spiro atoms. The minimum absolute atomic E-state index is 0.579. The molecule has 0 aliphatic carbocycles. The van der Waals surface area contributed by atoms with Crippen LogP contribution in [0.1, 0.15) is 127 Å². The molecule has 5 heteroatoms. The molecule has 0 radical (unpaired) electrons. The van der Waals surface area contributed by atoms with Crippen LogP contribution in [0.4, 0.5) is 0 Å². The number of carbonyl (C=O) groups excluding carboxylic acids is 1. The second kappa shape index (κ2) is 31.0. The number of morpholine rings is 1. The fourth-order valence-corrected chi connectivity index (χ4v) is 5.24. The van der Waals surface area contributed by atoms with E-state index in [9.17, 15) is 0 Å². The lowest BCUT2D eigenvalue weighted by molar-refractivity contribution is -0.106. The van der Waals surface area contributed by atoms with Crippen LogP contribution in [0.3, 0.4) is 0 Å². The van der Waals surface area contributed by atoms with Crippen LogP contribution in [-0.4, -0.2) is 48.2 Å². The number of benzene rings is 3. The SMILES string of the molecule is CC.CC.CC.CC=O.CCC.CCc1ccccc1CC.Cc1cccc(C(=N)c2cc(-c3cccc(CN4CCOCC4)c3)[nH]c2C)c1C. The third-order valence-electron chi connectivity index (χ3n) is 7.79. The van der Waals surface area contributed by atoms with Crippen LogP contribution >= 0.6 is 0 Å². The van der Waals surface area contributed by atoms with E-state index in [0.29, 0.717) is 5.71 Å². The zero-order chi connectivity index (χ0) is 39.2. The van der Waals surface area contributed by atoms with Gasteiger partial charge in [-0.1, -0.05) is 136 Å². The van der Waals surface area contributed by atoms with Gasteiger partial charge in [-0.05, 0) is 86.1 Å². The van der Waals surface area contributed by atoms with Gasteiger partial charge in [-0.2, -0.15) is 0 Å². The van der Waals surface area contributed by atoms with Crippen LogP contribution in [0, 0.1) is 26.2 Å². The molecule has 0 atom stereocenters. The maximum Gasteiger partial charge on any atom is 0.116 e. The van der Waals surface area contributed by atoms with Gasteiger partial charge in [0.25, 0.3) is 0 Å². The molecular weight excluding hydrogens is 627 g/mol. The third kappa shape index (κ3) is 17.8. The van der Waals surface area contributed by atoms with E-state index in [0.717, 1.165) is 74.5 Å². The summed E-state index contributed by atoms with van der Waals surface area (Å²) in [7, 11) is 0. The molecule has 284 valence electrons. The number of H-pyrrole nitrogens is 1. The molecule has 0 saturated carbocycles. The van der Waals surface area contributed by atoms with Crippen molar-refractivity contribution in [2.75, 3.05) is 26.3 Å². The molecule has 1 aliphatic heterocycles. The Morgan fingerprint density at radius 3 is 1.78 bits per heavy atom. The zero-order valence-electron chi connectivity index (χ0n) is 34.9. The summed E-state index contributed by atoms with van der Waals surface area (Å²) in [4.78, 5) is 14.7. The summed E-state index contributed by atoms with van der Waals surface area (Å²) >= 11 is 0. The van der Waals surface area contributed by atoms with E-state index >= 15 is 0 Å². The van der Waals surface area contributed by atoms with Crippen LogP contribution in [0.15, 0.2) is 72.8 Å². The van der Waals surface area contributed by atoms with E-state index in [4.69, 9.17) is 14.9 Å². The van der Waals surface area contributed by atoms with Crippen LogP contribution < -0.4 is 0 Å². The molecule has 4 aromatic rings. The quantitative estimate of drug-likeness (QED) is 0.149. The predicted octanol–water partition coefficient (Wildman–Crippen LogP) is 12.4. The maximum absolute atomic E-state index is 8.81. The molecule has 2 N–H and O–H groups in total. The molecule has 0 amide bonds.